The lowest BCUT2D eigenvalue weighted by atomic mass is 9.75. The highest BCUT2D eigenvalue weighted by molar-refractivity contribution is 6.13. The van der Waals surface area contributed by atoms with Crippen LogP contribution in [0, 0.1) is 23.2 Å². The maximum Gasteiger partial charge on any atom is 0.337 e. The van der Waals surface area contributed by atoms with Gasteiger partial charge in [-0.2, -0.15) is 0 Å². The molecule has 4 rings (SSSR count). The number of aliphatic hydroxyl groups excluding tert-OH is 1. The van der Waals surface area contributed by atoms with E-state index in [1.165, 1.54) is 13.3 Å². The molecule has 1 heterocycles. The number of oxime groups is 1. The molecule has 1 aliphatic heterocycles. The largest absolute Gasteiger partial charge is 0.469 e. The molecule has 1 N–H and O–H groups in total. The van der Waals surface area contributed by atoms with Gasteiger partial charge in [0.05, 0.1) is 49.7 Å². The van der Waals surface area contributed by atoms with Crippen molar-refractivity contribution in [2.45, 2.75) is 59.0 Å². The van der Waals surface area contributed by atoms with Gasteiger partial charge in [-0.1, -0.05) is 67.5 Å². The number of esters is 3. The highest BCUT2D eigenvalue weighted by atomic mass is 16.7. The molecule has 48 heavy (non-hydrogen) atoms. The molecule has 0 aliphatic carbocycles. The Labute approximate surface area is 280 Å². The molecule has 5 atom stereocenters. The molecule has 1 saturated heterocycles. The Balaban J connectivity index is 1.52. The summed E-state index contributed by atoms with van der Waals surface area (Å²) in [5.41, 5.74) is -0.220. The lowest BCUT2D eigenvalue weighted by molar-refractivity contribution is -0.158. The van der Waals surface area contributed by atoms with Crippen molar-refractivity contribution in [1.29, 1.82) is 0 Å². The minimum atomic E-state index is -1.02. The standard InChI is InChI=1S/C37H45NO10/c1-5-37(3,36(43)44-4)20-28(35(42)47-23-29-22-46-29)19-27(34(41)45-16-10-15-39)17-24(2)33(40)48-38-21-32-30-13-8-6-11-25(30)18-26-12-7-9-14-31(26)32/h6-9,11-14,18,21,24,27-29,39H,5,10,15-17,19-20,22-23H2,1-4H3/b38-21+. The van der Waals surface area contributed by atoms with E-state index in [0.717, 1.165) is 27.1 Å². The van der Waals surface area contributed by atoms with E-state index in [2.05, 4.69) is 11.2 Å². The SMILES string of the molecule is CCC(C)(CC(CC(CC(C)C(=O)O/N=C/c1c2ccccc2cc2ccccc12)C(=O)OCCCO)C(=O)OCC1CO1)C(=O)OC. The Bertz CT molecular complexity index is 1560. The zero-order valence-corrected chi connectivity index (χ0v) is 28.0. The molecule has 0 bridgehead atoms. The van der Waals surface area contributed by atoms with Gasteiger partial charge in [-0.15, -0.1) is 0 Å². The Kier molecular flexibility index (Phi) is 13.0. The lowest BCUT2D eigenvalue weighted by Crippen LogP contribution is -2.36. The zero-order valence-electron chi connectivity index (χ0n) is 28.0. The van der Waals surface area contributed by atoms with Crippen molar-refractivity contribution in [3.8, 4) is 0 Å². The highest BCUT2D eigenvalue weighted by Crippen LogP contribution is 2.36. The number of carbonyl (C=O) groups is 4. The number of aliphatic hydroxyl groups is 1. The third kappa shape index (κ3) is 9.60. The van der Waals surface area contributed by atoms with Crippen LogP contribution in [-0.2, 0) is 43.0 Å². The maximum absolute atomic E-state index is 13.4. The highest BCUT2D eigenvalue weighted by Gasteiger charge is 2.41. The molecular formula is C37H45NO10. The summed E-state index contributed by atoms with van der Waals surface area (Å²) in [7, 11) is 1.29. The summed E-state index contributed by atoms with van der Waals surface area (Å²) in [6, 6.07) is 17.8. The van der Waals surface area contributed by atoms with Gasteiger partial charge in [0.1, 0.15) is 12.7 Å². The van der Waals surface area contributed by atoms with E-state index in [4.69, 9.17) is 23.8 Å². The summed E-state index contributed by atoms with van der Waals surface area (Å²) >= 11 is 0. The first kappa shape index (κ1) is 36.5. The summed E-state index contributed by atoms with van der Waals surface area (Å²) in [5.74, 6) is -4.98. The number of benzene rings is 3. The van der Waals surface area contributed by atoms with Crippen molar-refractivity contribution >= 4 is 51.6 Å². The normalized spacial score (nSPS) is 17.3. The van der Waals surface area contributed by atoms with E-state index in [0.29, 0.717) is 13.0 Å². The average Bonchev–Trinajstić information content (AvgIpc) is 3.93. The van der Waals surface area contributed by atoms with Crippen LogP contribution in [0.4, 0.5) is 0 Å². The maximum atomic E-state index is 13.4. The molecule has 0 amide bonds. The summed E-state index contributed by atoms with van der Waals surface area (Å²) in [6.07, 6.45) is 1.96. The van der Waals surface area contributed by atoms with Crippen molar-refractivity contribution in [3.63, 3.8) is 0 Å². The third-order valence-electron chi connectivity index (χ3n) is 8.93. The predicted octanol–water partition coefficient (Wildman–Crippen LogP) is 5.37. The van der Waals surface area contributed by atoms with E-state index in [1.54, 1.807) is 13.8 Å². The molecule has 0 spiro atoms. The van der Waals surface area contributed by atoms with Gasteiger partial charge in [0, 0.05) is 18.6 Å². The van der Waals surface area contributed by atoms with Gasteiger partial charge >= 0.3 is 23.9 Å². The van der Waals surface area contributed by atoms with Gasteiger partial charge in [0.15, 0.2) is 0 Å². The fraction of sp³-hybridized carbons (Fsp3) is 0.486. The van der Waals surface area contributed by atoms with E-state index < -0.39 is 47.0 Å². The zero-order chi connectivity index (χ0) is 34.7. The quantitative estimate of drug-likeness (QED) is 0.0275. The second kappa shape index (κ2) is 17.2. The number of carbonyl (C=O) groups excluding carboxylic acids is 4. The van der Waals surface area contributed by atoms with E-state index >= 15 is 0 Å². The van der Waals surface area contributed by atoms with Crippen LogP contribution in [0.1, 0.15) is 58.4 Å². The topological polar surface area (TPSA) is 150 Å². The number of fused-ring (bicyclic) bond motifs is 2. The number of methoxy groups -OCH3 is 1. The molecule has 3 aromatic carbocycles. The first-order valence-corrected chi connectivity index (χ1v) is 16.4. The van der Waals surface area contributed by atoms with Crippen LogP contribution in [0.5, 0.6) is 0 Å². The van der Waals surface area contributed by atoms with Crippen LogP contribution in [-0.4, -0.2) is 74.8 Å². The summed E-state index contributed by atoms with van der Waals surface area (Å²) in [4.78, 5) is 57.9. The van der Waals surface area contributed by atoms with Crippen LogP contribution in [0.2, 0.25) is 0 Å². The number of rotatable bonds is 18. The molecule has 11 nitrogen and oxygen atoms in total. The number of ether oxygens (including phenoxy) is 4. The Hall–Kier alpha value is -4.35. The fourth-order valence-electron chi connectivity index (χ4n) is 5.80. The van der Waals surface area contributed by atoms with Crippen molar-refractivity contribution < 1.29 is 48.1 Å². The van der Waals surface area contributed by atoms with Gasteiger partial charge in [-0.3, -0.25) is 14.4 Å². The molecular weight excluding hydrogens is 618 g/mol. The summed E-state index contributed by atoms with van der Waals surface area (Å²) in [5, 5.41) is 17.2. The van der Waals surface area contributed by atoms with Crippen molar-refractivity contribution in [2.75, 3.05) is 33.5 Å². The van der Waals surface area contributed by atoms with Crippen LogP contribution in [0.3, 0.4) is 0 Å². The first-order chi connectivity index (χ1) is 23.1. The average molecular weight is 664 g/mol. The molecule has 11 heteroatoms. The first-order valence-electron chi connectivity index (χ1n) is 16.4. The molecule has 0 radical (unpaired) electrons. The number of nitrogens with zero attached hydrogens (tertiary/aromatic N) is 1. The van der Waals surface area contributed by atoms with Gasteiger partial charge in [-0.25, -0.2) is 4.79 Å². The monoisotopic (exact) mass is 663 g/mol. The van der Waals surface area contributed by atoms with Crippen molar-refractivity contribution in [3.05, 3.63) is 60.2 Å². The molecule has 258 valence electrons. The molecule has 0 aromatic heterocycles. The number of hydrogen-bond acceptors (Lipinski definition) is 11. The molecule has 3 aromatic rings. The molecule has 1 aliphatic rings. The Morgan fingerprint density at radius 1 is 0.979 bits per heavy atom. The minimum absolute atomic E-state index is 0.0138. The van der Waals surface area contributed by atoms with Gasteiger partial charge in [0.2, 0.25) is 0 Å². The van der Waals surface area contributed by atoms with Gasteiger partial charge < -0.3 is 28.9 Å². The van der Waals surface area contributed by atoms with Crippen molar-refractivity contribution in [1.82, 2.24) is 0 Å². The van der Waals surface area contributed by atoms with E-state index in [9.17, 15) is 24.3 Å². The summed E-state index contributed by atoms with van der Waals surface area (Å²) < 4.78 is 21.1. The minimum Gasteiger partial charge on any atom is -0.469 e. The van der Waals surface area contributed by atoms with Gasteiger partial charge in [-0.05, 0) is 60.2 Å². The Morgan fingerprint density at radius 2 is 1.60 bits per heavy atom. The Morgan fingerprint density at radius 3 is 2.19 bits per heavy atom. The molecule has 5 unspecified atom stereocenters. The van der Waals surface area contributed by atoms with Crippen LogP contribution in [0.15, 0.2) is 59.8 Å². The van der Waals surface area contributed by atoms with Crippen molar-refractivity contribution in [2.24, 2.45) is 28.3 Å². The van der Waals surface area contributed by atoms with Crippen LogP contribution < -0.4 is 0 Å². The molecule has 1 fully saturated rings. The predicted molar refractivity (Wildman–Crippen MR) is 179 cm³/mol. The van der Waals surface area contributed by atoms with Gasteiger partial charge in [0.25, 0.3) is 0 Å². The molecule has 0 saturated carbocycles. The second-order valence-electron chi connectivity index (χ2n) is 12.6. The number of epoxide rings is 1. The van der Waals surface area contributed by atoms with Crippen LogP contribution >= 0.6 is 0 Å². The number of hydrogen-bond donors (Lipinski definition) is 1. The lowest BCUT2D eigenvalue weighted by Gasteiger charge is -2.30. The van der Waals surface area contributed by atoms with E-state index in [-0.39, 0.29) is 51.6 Å². The summed E-state index contributed by atoms with van der Waals surface area (Å²) in [6.45, 7) is 5.49. The smallest absolute Gasteiger partial charge is 0.337 e. The van der Waals surface area contributed by atoms with E-state index in [1.807, 2.05) is 55.5 Å². The fourth-order valence-corrected chi connectivity index (χ4v) is 5.80. The second-order valence-corrected chi connectivity index (χ2v) is 12.6. The third-order valence-corrected chi connectivity index (χ3v) is 8.93. The van der Waals surface area contributed by atoms with Crippen LogP contribution in [0.25, 0.3) is 21.5 Å².